The predicted octanol–water partition coefficient (Wildman–Crippen LogP) is 2.80. The Morgan fingerprint density at radius 2 is 1.89 bits per heavy atom. The Balaban J connectivity index is 1.23. The zero-order valence-corrected chi connectivity index (χ0v) is 22.1. The molecule has 0 radical (unpaired) electrons. The molecule has 0 aromatic carbocycles. The summed E-state index contributed by atoms with van der Waals surface area (Å²) < 4.78 is 15.4. The van der Waals surface area contributed by atoms with Gasteiger partial charge in [0.25, 0.3) is 11.8 Å². The van der Waals surface area contributed by atoms with Crippen molar-refractivity contribution in [3.8, 4) is 11.6 Å². The Morgan fingerprint density at radius 3 is 2.53 bits per heavy atom. The quantitative estimate of drug-likeness (QED) is 0.370. The number of carbonyl (C=O) groups is 2. The summed E-state index contributed by atoms with van der Waals surface area (Å²) >= 11 is 0. The Hall–Kier alpha value is -3.60. The van der Waals surface area contributed by atoms with Crippen molar-refractivity contribution in [2.24, 2.45) is 5.73 Å². The lowest BCUT2D eigenvalue weighted by Crippen LogP contribution is -2.39. The van der Waals surface area contributed by atoms with Crippen molar-refractivity contribution in [3.63, 3.8) is 0 Å². The minimum Gasteiger partial charge on any atom is -0.489 e. The van der Waals surface area contributed by atoms with E-state index in [9.17, 15) is 14.7 Å². The molecule has 2 amide bonds. The maximum absolute atomic E-state index is 13.2. The number of ether oxygens (including phenoxy) is 2. The summed E-state index contributed by atoms with van der Waals surface area (Å²) in [6.45, 7) is 6.12. The van der Waals surface area contributed by atoms with Gasteiger partial charge >= 0.3 is 0 Å². The van der Waals surface area contributed by atoms with Crippen LogP contribution >= 0.6 is 0 Å². The molecule has 0 saturated heterocycles. The molecule has 204 valence electrons. The molecule has 11 heteroatoms. The second-order valence-electron chi connectivity index (χ2n) is 10.9. The first kappa shape index (κ1) is 26.0. The van der Waals surface area contributed by atoms with Crippen molar-refractivity contribution >= 4 is 17.3 Å². The number of amides is 2. The maximum atomic E-state index is 13.2. The molecule has 11 nitrogen and oxygen atoms in total. The lowest BCUT2D eigenvalue weighted by atomic mass is 9.92. The first-order valence-electron chi connectivity index (χ1n) is 13.3. The first-order chi connectivity index (χ1) is 18.1. The van der Waals surface area contributed by atoms with Gasteiger partial charge in [0.1, 0.15) is 24.0 Å². The van der Waals surface area contributed by atoms with Crippen LogP contribution in [-0.4, -0.2) is 60.7 Å². The van der Waals surface area contributed by atoms with Crippen LogP contribution in [0, 0.1) is 0 Å². The molecule has 2 aliphatic carbocycles. The number of aliphatic hydroxyl groups is 1. The lowest BCUT2D eigenvalue weighted by Gasteiger charge is -2.29. The summed E-state index contributed by atoms with van der Waals surface area (Å²) in [5.41, 5.74) is 7.03. The van der Waals surface area contributed by atoms with Gasteiger partial charge in [-0.2, -0.15) is 5.10 Å². The van der Waals surface area contributed by atoms with E-state index < -0.39 is 11.5 Å². The molecule has 0 spiro atoms. The Kier molecular flexibility index (Phi) is 7.04. The highest BCUT2D eigenvalue weighted by atomic mass is 16.5. The van der Waals surface area contributed by atoms with Crippen molar-refractivity contribution in [1.82, 2.24) is 24.7 Å². The lowest BCUT2D eigenvalue weighted by molar-refractivity contribution is 0.0279. The number of nitrogens with zero attached hydrogens (tertiary/aromatic N) is 4. The van der Waals surface area contributed by atoms with Crippen LogP contribution in [0.2, 0.25) is 0 Å². The second-order valence-corrected chi connectivity index (χ2v) is 10.9. The molecule has 0 aliphatic heterocycles. The molecule has 3 aromatic heterocycles. The van der Waals surface area contributed by atoms with Crippen molar-refractivity contribution in [2.75, 3.05) is 6.61 Å². The number of nitrogens with one attached hydrogen (secondary N) is 1. The van der Waals surface area contributed by atoms with Crippen LogP contribution in [0.1, 0.15) is 91.6 Å². The molecule has 2 aliphatic rings. The van der Waals surface area contributed by atoms with Crippen LogP contribution in [0.3, 0.4) is 0 Å². The molecule has 0 bridgehead atoms. The molecule has 2 fully saturated rings. The monoisotopic (exact) mass is 524 g/mol. The van der Waals surface area contributed by atoms with E-state index in [-0.39, 0.29) is 36.1 Å². The van der Waals surface area contributed by atoms with Gasteiger partial charge in [0.2, 0.25) is 5.88 Å². The van der Waals surface area contributed by atoms with Gasteiger partial charge < -0.3 is 25.6 Å². The highest BCUT2D eigenvalue weighted by molar-refractivity contribution is 6.01. The van der Waals surface area contributed by atoms with E-state index in [1.54, 1.807) is 30.9 Å². The number of primary amides is 1. The average molecular weight is 525 g/mol. The standard InChI is InChI=1S/C27H36N6O5/c1-4-32-14-20(24(28)34)26(31-32)38-18-9-7-17(8-10-18)30-25(35)19-13-29-33-21(19)11-12-22(23(33)16-5-6-16)37-15-27(2,3)36/h11-14,16-18,36H,4-10,15H2,1-3H3,(H2,28,34)(H,30,35)/t17-,18-. The van der Waals surface area contributed by atoms with Crippen molar-refractivity contribution in [1.29, 1.82) is 0 Å². The van der Waals surface area contributed by atoms with Crippen LogP contribution in [0.4, 0.5) is 0 Å². The van der Waals surface area contributed by atoms with Crippen LogP contribution in [0.15, 0.2) is 24.5 Å². The molecule has 0 atom stereocenters. The third kappa shape index (κ3) is 5.62. The molecule has 5 rings (SSSR count). The van der Waals surface area contributed by atoms with Gasteiger partial charge in [-0.1, -0.05) is 0 Å². The van der Waals surface area contributed by atoms with Crippen LogP contribution < -0.4 is 20.5 Å². The predicted molar refractivity (Wildman–Crippen MR) is 140 cm³/mol. The van der Waals surface area contributed by atoms with E-state index >= 15 is 0 Å². The van der Waals surface area contributed by atoms with E-state index in [0.717, 1.165) is 49.7 Å². The topological polar surface area (TPSA) is 146 Å². The molecular weight excluding hydrogens is 488 g/mol. The zero-order valence-electron chi connectivity index (χ0n) is 22.1. The SMILES string of the molecule is CCn1cc(C(N)=O)c(O[C@H]2CC[C@H](NC(=O)c3cnn4c(C5CC5)c(OCC(C)(C)O)ccc34)CC2)n1. The smallest absolute Gasteiger partial charge is 0.255 e. The highest BCUT2D eigenvalue weighted by Crippen LogP contribution is 2.44. The molecule has 4 N–H and O–H groups in total. The number of rotatable bonds is 10. The number of aryl methyl sites for hydroxylation is 1. The van der Waals surface area contributed by atoms with Crippen LogP contribution in [0.5, 0.6) is 11.6 Å². The summed E-state index contributed by atoms with van der Waals surface area (Å²) in [6.07, 6.45) is 8.17. The number of hydrogen-bond acceptors (Lipinski definition) is 7. The van der Waals surface area contributed by atoms with Crippen LogP contribution in [0.25, 0.3) is 5.52 Å². The minimum absolute atomic E-state index is 0.0124. The summed E-state index contributed by atoms with van der Waals surface area (Å²) in [6, 6.07) is 3.73. The van der Waals surface area contributed by atoms with E-state index in [1.165, 1.54) is 0 Å². The number of aromatic nitrogens is 4. The largest absolute Gasteiger partial charge is 0.489 e. The van der Waals surface area contributed by atoms with Gasteiger partial charge in [-0.25, -0.2) is 4.52 Å². The number of hydrogen-bond donors (Lipinski definition) is 3. The summed E-state index contributed by atoms with van der Waals surface area (Å²) in [7, 11) is 0. The van der Waals surface area contributed by atoms with Gasteiger partial charge in [-0.05, 0) is 71.4 Å². The van der Waals surface area contributed by atoms with Crippen molar-refractivity contribution < 1.29 is 24.2 Å². The zero-order chi connectivity index (χ0) is 27.0. The van der Waals surface area contributed by atoms with Crippen LogP contribution in [-0.2, 0) is 6.54 Å². The highest BCUT2D eigenvalue weighted by Gasteiger charge is 2.32. The van der Waals surface area contributed by atoms with Gasteiger partial charge in [0.05, 0.1) is 28.6 Å². The number of pyridine rings is 1. The molecule has 0 unspecified atom stereocenters. The molecule has 3 heterocycles. The van der Waals surface area contributed by atoms with E-state index in [2.05, 4.69) is 15.5 Å². The van der Waals surface area contributed by atoms with E-state index in [0.29, 0.717) is 23.8 Å². The Labute approximate surface area is 221 Å². The third-order valence-electron chi connectivity index (χ3n) is 7.07. The summed E-state index contributed by atoms with van der Waals surface area (Å²) in [5.74, 6) is 0.582. The van der Waals surface area contributed by atoms with Gasteiger partial charge in [0.15, 0.2) is 0 Å². The minimum atomic E-state index is -0.948. The fourth-order valence-corrected chi connectivity index (χ4v) is 4.90. The first-order valence-corrected chi connectivity index (χ1v) is 13.3. The number of carbonyl (C=O) groups excluding carboxylic acids is 2. The Morgan fingerprint density at radius 1 is 1.16 bits per heavy atom. The average Bonchev–Trinajstić information content (AvgIpc) is 3.47. The summed E-state index contributed by atoms with van der Waals surface area (Å²) in [4.78, 5) is 25.0. The second kappa shape index (κ2) is 10.3. The summed E-state index contributed by atoms with van der Waals surface area (Å²) in [5, 5.41) is 22.1. The van der Waals surface area contributed by atoms with Crippen molar-refractivity contribution in [2.45, 2.75) is 89.5 Å². The normalized spacial score (nSPS) is 19.9. The molecular formula is C27H36N6O5. The van der Waals surface area contributed by atoms with Gasteiger partial charge in [-0.3, -0.25) is 14.3 Å². The number of nitrogens with two attached hydrogens (primary N) is 1. The molecule has 2 saturated carbocycles. The number of fused-ring (bicyclic) bond motifs is 1. The van der Waals surface area contributed by atoms with Crippen molar-refractivity contribution in [3.05, 3.63) is 41.3 Å². The fourth-order valence-electron chi connectivity index (χ4n) is 4.90. The fraction of sp³-hybridized carbons (Fsp3) is 0.556. The van der Waals surface area contributed by atoms with Gasteiger partial charge in [-0.15, -0.1) is 5.10 Å². The van der Waals surface area contributed by atoms with Gasteiger partial charge in [0, 0.05) is 24.7 Å². The Bertz CT molecular complexity index is 1330. The van der Waals surface area contributed by atoms with E-state index in [1.807, 2.05) is 23.6 Å². The molecule has 3 aromatic rings. The third-order valence-corrected chi connectivity index (χ3v) is 7.07. The van der Waals surface area contributed by atoms with E-state index in [4.69, 9.17) is 15.2 Å². The molecule has 38 heavy (non-hydrogen) atoms. The maximum Gasteiger partial charge on any atom is 0.255 e.